The number of nitrogens with zero attached hydrogens (tertiary/aromatic N) is 1. The number of furan rings is 1. The van der Waals surface area contributed by atoms with Crippen molar-refractivity contribution in [3.63, 3.8) is 0 Å². The van der Waals surface area contributed by atoms with Crippen LogP contribution < -0.4 is 0 Å². The maximum Gasteiger partial charge on any atom is 0.143 e. The van der Waals surface area contributed by atoms with Crippen molar-refractivity contribution in [3.05, 3.63) is 140 Å². The summed E-state index contributed by atoms with van der Waals surface area (Å²) < 4.78 is 8.96. The third-order valence-corrected chi connectivity index (χ3v) is 9.10. The summed E-state index contributed by atoms with van der Waals surface area (Å²) in [6.07, 6.45) is 0. The lowest BCUT2D eigenvalue weighted by molar-refractivity contribution is 0.670. The van der Waals surface area contributed by atoms with E-state index in [0.717, 1.165) is 49.8 Å². The van der Waals surface area contributed by atoms with Crippen molar-refractivity contribution in [2.75, 3.05) is 0 Å². The van der Waals surface area contributed by atoms with Gasteiger partial charge in [-0.2, -0.15) is 0 Å². The van der Waals surface area contributed by atoms with Crippen LogP contribution in [0, 0.1) is 0 Å². The monoisotopic (exact) mass is 548 g/mol. The van der Waals surface area contributed by atoms with E-state index < -0.39 is 0 Å². The highest BCUT2D eigenvalue weighted by atomic mass is 16.3. The predicted molar refractivity (Wildman–Crippen MR) is 180 cm³/mol. The van der Waals surface area contributed by atoms with E-state index in [4.69, 9.17) is 4.42 Å². The first-order chi connectivity index (χ1) is 21.3. The third-order valence-electron chi connectivity index (χ3n) is 9.10. The lowest BCUT2D eigenvalue weighted by Gasteiger charge is -2.12. The number of benzene rings is 7. The Kier molecular flexibility index (Phi) is 4.45. The number of fused-ring (bicyclic) bond motifs is 12. The Hall–Kier alpha value is -5.80. The van der Waals surface area contributed by atoms with Gasteiger partial charge in [-0.25, -0.2) is 0 Å². The molecule has 7 aromatic carbocycles. The van der Waals surface area contributed by atoms with E-state index >= 15 is 0 Å². The Bertz CT molecular complexity index is 2720. The highest BCUT2D eigenvalue weighted by molar-refractivity contribution is 6.27. The van der Waals surface area contributed by atoms with Crippen LogP contribution in [0.5, 0.6) is 0 Å². The summed E-state index contributed by atoms with van der Waals surface area (Å²) in [7, 11) is 0. The SMILES string of the molecule is c1ccc(-c2cc(-n3c4ccccc4c4ccc5c([nH]c6ccc7ccccc7c65)c43)cc3c2oc2ccccc23)cc1. The largest absolute Gasteiger partial charge is 0.455 e. The highest BCUT2D eigenvalue weighted by Crippen LogP contribution is 2.43. The lowest BCUT2D eigenvalue weighted by atomic mass is 10.0. The van der Waals surface area contributed by atoms with Crippen LogP contribution in [0.15, 0.2) is 144 Å². The molecule has 3 aromatic heterocycles. The van der Waals surface area contributed by atoms with Crippen molar-refractivity contribution < 1.29 is 4.42 Å². The van der Waals surface area contributed by atoms with Gasteiger partial charge in [0.05, 0.1) is 16.6 Å². The molecule has 1 N–H and O–H groups in total. The van der Waals surface area contributed by atoms with Crippen LogP contribution in [0.25, 0.3) is 93.1 Å². The van der Waals surface area contributed by atoms with Crippen molar-refractivity contribution in [3.8, 4) is 16.8 Å². The molecule has 0 radical (unpaired) electrons. The molecule has 3 heterocycles. The Morgan fingerprint density at radius 3 is 2.19 bits per heavy atom. The van der Waals surface area contributed by atoms with Gasteiger partial charge in [0.25, 0.3) is 0 Å². The second kappa shape index (κ2) is 8.37. The van der Waals surface area contributed by atoms with E-state index in [9.17, 15) is 0 Å². The molecule has 43 heavy (non-hydrogen) atoms. The minimum atomic E-state index is 0.902. The first-order valence-electron chi connectivity index (χ1n) is 14.7. The van der Waals surface area contributed by atoms with Crippen molar-refractivity contribution in [2.45, 2.75) is 0 Å². The average molecular weight is 549 g/mol. The van der Waals surface area contributed by atoms with Gasteiger partial charge in [-0.05, 0) is 46.7 Å². The van der Waals surface area contributed by atoms with Gasteiger partial charge in [0.1, 0.15) is 11.2 Å². The minimum absolute atomic E-state index is 0.902. The van der Waals surface area contributed by atoms with Gasteiger partial charge >= 0.3 is 0 Å². The molecule has 0 fully saturated rings. The second-order valence-electron chi connectivity index (χ2n) is 11.4. The van der Waals surface area contributed by atoms with Crippen LogP contribution in [0.2, 0.25) is 0 Å². The van der Waals surface area contributed by atoms with Crippen LogP contribution in [0.1, 0.15) is 0 Å². The molecule has 0 unspecified atom stereocenters. The maximum absolute atomic E-state index is 6.52. The second-order valence-corrected chi connectivity index (χ2v) is 11.4. The zero-order valence-corrected chi connectivity index (χ0v) is 23.1. The zero-order valence-electron chi connectivity index (χ0n) is 23.1. The van der Waals surface area contributed by atoms with Crippen molar-refractivity contribution in [1.29, 1.82) is 0 Å². The predicted octanol–water partition coefficient (Wildman–Crippen LogP) is 11.1. The summed E-state index contributed by atoms with van der Waals surface area (Å²) in [5.74, 6) is 0. The van der Waals surface area contributed by atoms with Gasteiger partial charge < -0.3 is 14.0 Å². The average Bonchev–Trinajstić information content (AvgIpc) is 3.74. The molecule has 3 heteroatoms. The smallest absolute Gasteiger partial charge is 0.143 e. The molecule has 0 aliphatic heterocycles. The number of hydrogen-bond donors (Lipinski definition) is 1. The summed E-state index contributed by atoms with van der Waals surface area (Å²) in [4.78, 5) is 3.85. The molecule has 0 saturated heterocycles. The number of hydrogen-bond acceptors (Lipinski definition) is 1. The quantitative estimate of drug-likeness (QED) is 0.229. The van der Waals surface area contributed by atoms with Gasteiger partial charge in [0.15, 0.2) is 0 Å². The normalized spacial score (nSPS) is 12.2. The van der Waals surface area contributed by atoms with E-state index in [1.807, 2.05) is 6.07 Å². The number of nitrogens with one attached hydrogen (secondary N) is 1. The number of aromatic nitrogens is 2. The first-order valence-corrected chi connectivity index (χ1v) is 14.7. The molecule has 0 saturated carbocycles. The fraction of sp³-hybridized carbons (Fsp3) is 0. The summed E-state index contributed by atoms with van der Waals surface area (Å²) in [5.41, 5.74) is 9.82. The van der Waals surface area contributed by atoms with Crippen LogP contribution in [0.4, 0.5) is 0 Å². The lowest BCUT2D eigenvalue weighted by Crippen LogP contribution is -1.95. The summed E-state index contributed by atoms with van der Waals surface area (Å²) in [5, 5.41) is 9.74. The molecule has 0 spiro atoms. The van der Waals surface area contributed by atoms with Crippen LogP contribution >= 0.6 is 0 Å². The molecule has 10 aromatic rings. The van der Waals surface area contributed by atoms with E-state index in [-0.39, 0.29) is 0 Å². The minimum Gasteiger partial charge on any atom is -0.455 e. The van der Waals surface area contributed by atoms with E-state index in [2.05, 4.69) is 143 Å². The maximum atomic E-state index is 6.52. The van der Waals surface area contributed by atoms with Crippen molar-refractivity contribution in [2.24, 2.45) is 0 Å². The van der Waals surface area contributed by atoms with Gasteiger partial charge in [0, 0.05) is 49.1 Å². The molecule has 200 valence electrons. The van der Waals surface area contributed by atoms with Crippen molar-refractivity contribution >= 4 is 76.3 Å². The standard InChI is InChI=1S/C40H24N2O/c1-2-10-24(11-3-1)32-22-26(23-33-29-15-7-9-17-36(29)43-40(32)33)42-35-16-8-6-14-28(35)30-19-20-31-37-27-13-5-4-12-25(27)18-21-34(37)41-38(31)39(30)42/h1-23,41H. The molecule has 0 amide bonds. The van der Waals surface area contributed by atoms with Gasteiger partial charge in [-0.15, -0.1) is 0 Å². The third kappa shape index (κ3) is 3.08. The molecule has 0 atom stereocenters. The summed E-state index contributed by atoms with van der Waals surface area (Å²) in [6.45, 7) is 0. The molecule has 0 bridgehead atoms. The Balaban J connectivity index is 1.40. The Labute approximate surface area is 246 Å². The number of para-hydroxylation sites is 2. The molecular formula is C40H24N2O. The van der Waals surface area contributed by atoms with Crippen LogP contribution in [0.3, 0.4) is 0 Å². The topological polar surface area (TPSA) is 33.9 Å². The zero-order chi connectivity index (χ0) is 28.1. The van der Waals surface area contributed by atoms with E-state index in [1.54, 1.807) is 0 Å². The van der Waals surface area contributed by atoms with E-state index in [0.29, 0.717) is 0 Å². The molecule has 3 nitrogen and oxygen atoms in total. The number of rotatable bonds is 2. The summed E-state index contributed by atoms with van der Waals surface area (Å²) >= 11 is 0. The fourth-order valence-electron chi connectivity index (χ4n) is 7.23. The van der Waals surface area contributed by atoms with Crippen LogP contribution in [-0.4, -0.2) is 9.55 Å². The summed E-state index contributed by atoms with van der Waals surface area (Å²) in [6, 6.07) is 50.0. The Morgan fingerprint density at radius 1 is 0.535 bits per heavy atom. The molecule has 0 aliphatic carbocycles. The molecule has 10 rings (SSSR count). The highest BCUT2D eigenvalue weighted by Gasteiger charge is 2.21. The van der Waals surface area contributed by atoms with Crippen LogP contribution in [-0.2, 0) is 0 Å². The number of aromatic amines is 1. The molecule has 0 aliphatic rings. The first kappa shape index (κ1) is 22.8. The fourth-order valence-corrected chi connectivity index (χ4v) is 7.23. The van der Waals surface area contributed by atoms with Gasteiger partial charge in [0.2, 0.25) is 0 Å². The van der Waals surface area contributed by atoms with Crippen molar-refractivity contribution in [1.82, 2.24) is 9.55 Å². The van der Waals surface area contributed by atoms with Gasteiger partial charge in [-0.1, -0.05) is 109 Å². The van der Waals surface area contributed by atoms with Gasteiger partial charge in [-0.3, -0.25) is 0 Å². The molecular weight excluding hydrogens is 524 g/mol. The Morgan fingerprint density at radius 2 is 1.28 bits per heavy atom. The van der Waals surface area contributed by atoms with E-state index in [1.165, 1.54) is 43.4 Å². The number of H-pyrrole nitrogens is 1.